The molecule has 3 rings (SSSR count). The molecule has 2 aromatic rings. The average Bonchev–Trinajstić information content (AvgIpc) is 2.96. The number of ether oxygens (including phenoxy) is 3. The van der Waals surface area contributed by atoms with Gasteiger partial charge in [-0.3, -0.25) is 4.79 Å². The Morgan fingerprint density at radius 2 is 1.84 bits per heavy atom. The molecule has 31 heavy (non-hydrogen) atoms. The van der Waals surface area contributed by atoms with Gasteiger partial charge >= 0.3 is 0 Å². The Morgan fingerprint density at radius 1 is 1.16 bits per heavy atom. The van der Waals surface area contributed by atoms with E-state index in [1.54, 1.807) is 18.2 Å². The Kier molecular flexibility index (Phi) is 7.14. The van der Waals surface area contributed by atoms with Crippen LogP contribution >= 0.6 is 11.6 Å². The van der Waals surface area contributed by atoms with Gasteiger partial charge in [0.1, 0.15) is 10.6 Å². The van der Waals surface area contributed by atoms with Crippen molar-refractivity contribution in [3.05, 3.63) is 35.4 Å². The Bertz CT molecular complexity index is 1070. The number of fused-ring (bicyclic) bond motifs is 1. The molecule has 0 saturated carbocycles. The standard InChI is InChI=1S/C20H24ClN3O6S/c1-24(2)31(26,27)19-9-13(5-6-16(19)28-3)23-20(25)12-22-15-11-18-17(10-14(15)21)29-7-4-8-30-18/h5-6,9-11,22H,4,7-8,12H2,1-3H3,(H,23,25). The van der Waals surface area contributed by atoms with Crippen molar-refractivity contribution in [1.82, 2.24) is 4.31 Å². The second-order valence-electron chi connectivity index (χ2n) is 6.88. The summed E-state index contributed by atoms with van der Waals surface area (Å²) in [4.78, 5) is 12.4. The van der Waals surface area contributed by atoms with Crippen LogP contribution in [0.3, 0.4) is 0 Å². The lowest BCUT2D eigenvalue weighted by molar-refractivity contribution is -0.114. The molecule has 1 aliphatic heterocycles. The van der Waals surface area contributed by atoms with E-state index in [0.29, 0.717) is 41.1 Å². The minimum absolute atomic E-state index is 0.0447. The molecule has 1 aliphatic rings. The van der Waals surface area contributed by atoms with Crippen molar-refractivity contribution in [2.45, 2.75) is 11.3 Å². The van der Waals surface area contributed by atoms with E-state index in [4.69, 9.17) is 25.8 Å². The van der Waals surface area contributed by atoms with Crippen LogP contribution in [0.2, 0.25) is 5.02 Å². The summed E-state index contributed by atoms with van der Waals surface area (Å²) in [6, 6.07) is 7.73. The largest absolute Gasteiger partial charge is 0.495 e. The topological polar surface area (TPSA) is 106 Å². The number of hydrogen-bond acceptors (Lipinski definition) is 7. The zero-order chi connectivity index (χ0) is 22.6. The molecule has 1 amide bonds. The average molecular weight is 470 g/mol. The van der Waals surface area contributed by atoms with E-state index in [1.807, 2.05) is 0 Å². The van der Waals surface area contributed by atoms with Crippen LogP contribution in [0.5, 0.6) is 17.2 Å². The number of carbonyl (C=O) groups is 1. The number of amides is 1. The van der Waals surface area contributed by atoms with Gasteiger partial charge in [-0.25, -0.2) is 12.7 Å². The third-order valence-electron chi connectivity index (χ3n) is 4.48. The van der Waals surface area contributed by atoms with Gasteiger partial charge in [-0.1, -0.05) is 11.6 Å². The molecule has 0 aromatic heterocycles. The summed E-state index contributed by atoms with van der Waals surface area (Å²) in [6.45, 7) is 0.983. The van der Waals surface area contributed by atoms with E-state index >= 15 is 0 Å². The highest BCUT2D eigenvalue weighted by Gasteiger charge is 2.23. The monoisotopic (exact) mass is 469 g/mol. The molecule has 168 valence electrons. The molecule has 2 aromatic carbocycles. The lowest BCUT2D eigenvalue weighted by atomic mass is 10.2. The Morgan fingerprint density at radius 3 is 2.48 bits per heavy atom. The molecule has 1 heterocycles. The van der Waals surface area contributed by atoms with Crippen LogP contribution in [-0.4, -0.2) is 59.6 Å². The first-order valence-corrected chi connectivity index (χ1v) is 11.3. The number of nitrogens with zero attached hydrogens (tertiary/aromatic N) is 1. The van der Waals surface area contributed by atoms with Crippen molar-refractivity contribution in [3.63, 3.8) is 0 Å². The van der Waals surface area contributed by atoms with E-state index in [9.17, 15) is 13.2 Å². The number of hydrogen-bond donors (Lipinski definition) is 2. The van der Waals surface area contributed by atoms with E-state index in [1.165, 1.54) is 33.3 Å². The van der Waals surface area contributed by atoms with E-state index < -0.39 is 10.0 Å². The Labute approximate surface area is 186 Å². The van der Waals surface area contributed by atoms with Gasteiger partial charge in [0.2, 0.25) is 15.9 Å². The molecule has 0 unspecified atom stereocenters. The van der Waals surface area contributed by atoms with E-state index in [2.05, 4.69) is 10.6 Å². The van der Waals surface area contributed by atoms with Crippen molar-refractivity contribution in [2.75, 3.05) is 51.6 Å². The van der Waals surface area contributed by atoms with Gasteiger partial charge in [-0.2, -0.15) is 0 Å². The van der Waals surface area contributed by atoms with E-state index in [0.717, 1.165) is 10.7 Å². The molecule has 0 spiro atoms. The normalized spacial score (nSPS) is 13.5. The fraction of sp³-hybridized carbons (Fsp3) is 0.350. The van der Waals surface area contributed by atoms with Gasteiger partial charge in [0, 0.05) is 38.3 Å². The van der Waals surface area contributed by atoms with Gasteiger partial charge in [0.15, 0.2) is 11.5 Å². The molecule has 0 radical (unpaired) electrons. The predicted molar refractivity (Wildman–Crippen MR) is 118 cm³/mol. The third kappa shape index (κ3) is 5.33. The van der Waals surface area contributed by atoms with Gasteiger partial charge in [0.05, 0.1) is 37.6 Å². The molecular formula is C20H24ClN3O6S. The summed E-state index contributed by atoms with van der Waals surface area (Å²) in [5, 5.41) is 6.02. The maximum Gasteiger partial charge on any atom is 0.246 e. The van der Waals surface area contributed by atoms with Crippen LogP contribution in [-0.2, 0) is 14.8 Å². The number of methoxy groups -OCH3 is 1. The third-order valence-corrected chi connectivity index (χ3v) is 6.63. The van der Waals surface area contributed by atoms with Gasteiger partial charge < -0.3 is 24.8 Å². The molecular weight excluding hydrogens is 446 g/mol. The maximum absolute atomic E-state index is 12.5. The highest BCUT2D eigenvalue weighted by Crippen LogP contribution is 2.37. The summed E-state index contributed by atoms with van der Waals surface area (Å²) in [5.74, 6) is 0.911. The molecule has 0 aliphatic carbocycles. The molecule has 2 N–H and O–H groups in total. The number of nitrogens with one attached hydrogen (secondary N) is 2. The maximum atomic E-state index is 12.5. The Balaban J connectivity index is 1.71. The molecule has 0 saturated heterocycles. The highest BCUT2D eigenvalue weighted by atomic mass is 35.5. The Hall–Kier alpha value is -2.69. The van der Waals surface area contributed by atoms with Crippen LogP contribution in [0.1, 0.15) is 6.42 Å². The van der Waals surface area contributed by atoms with Crippen molar-refractivity contribution < 1.29 is 27.4 Å². The van der Waals surface area contributed by atoms with Crippen LogP contribution in [0.4, 0.5) is 11.4 Å². The smallest absolute Gasteiger partial charge is 0.246 e. The first-order chi connectivity index (χ1) is 14.7. The summed E-state index contributed by atoms with van der Waals surface area (Å²) in [6.07, 6.45) is 0.769. The van der Waals surface area contributed by atoms with Crippen molar-refractivity contribution in [1.29, 1.82) is 0 Å². The number of halogens is 1. The number of carbonyl (C=O) groups excluding carboxylic acids is 1. The zero-order valence-electron chi connectivity index (χ0n) is 17.4. The van der Waals surface area contributed by atoms with Crippen LogP contribution in [0.15, 0.2) is 35.2 Å². The number of anilines is 2. The first-order valence-electron chi connectivity index (χ1n) is 9.46. The zero-order valence-corrected chi connectivity index (χ0v) is 19.0. The summed E-state index contributed by atoms with van der Waals surface area (Å²) >= 11 is 6.28. The molecule has 0 bridgehead atoms. The molecule has 0 fully saturated rings. The SMILES string of the molecule is COc1ccc(NC(=O)CNc2cc3c(cc2Cl)OCCCO3)cc1S(=O)(=O)N(C)C. The van der Waals surface area contributed by atoms with Gasteiger partial charge in [-0.05, 0) is 18.2 Å². The molecule has 9 nitrogen and oxygen atoms in total. The predicted octanol–water partition coefficient (Wildman–Crippen LogP) is 2.81. The highest BCUT2D eigenvalue weighted by molar-refractivity contribution is 7.89. The second kappa shape index (κ2) is 9.63. The van der Waals surface area contributed by atoms with Gasteiger partial charge in [0.25, 0.3) is 0 Å². The molecule has 11 heteroatoms. The minimum Gasteiger partial charge on any atom is -0.495 e. The van der Waals surface area contributed by atoms with E-state index in [-0.39, 0.29) is 23.1 Å². The van der Waals surface area contributed by atoms with Crippen LogP contribution in [0.25, 0.3) is 0 Å². The number of sulfonamides is 1. The fourth-order valence-corrected chi connectivity index (χ4v) is 4.15. The number of rotatable bonds is 7. The van der Waals surface area contributed by atoms with Crippen LogP contribution in [0, 0.1) is 0 Å². The minimum atomic E-state index is -3.75. The lowest BCUT2D eigenvalue weighted by Gasteiger charge is -2.16. The van der Waals surface area contributed by atoms with Gasteiger partial charge in [-0.15, -0.1) is 0 Å². The van der Waals surface area contributed by atoms with Crippen molar-refractivity contribution >= 4 is 38.9 Å². The van der Waals surface area contributed by atoms with Crippen LogP contribution < -0.4 is 24.8 Å². The number of benzene rings is 2. The quantitative estimate of drug-likeness (QED) is 0.642. The first kappa shape index (κ1) is 23.0. The van der Waals surface area contributed by atoms with Crippen molar-refractivity contribution in [2.24, 2.45) is 0 Å². The second-order valence-corrected chi connectivity index (χ2v) is 9.41. The lowest BCUT2D eigenvalue weighted by Crippen LogP contribution is -2.24. The van der Waals surface area contributed by atoms with Crippen molar-refractivity contribution in [3.8, 4) is 17.2 Å². The summed E-state index contributed by atoms with van der Waals surface area (Å²) in [5.41, 5.74) is 0.837. The summed E-state index contributed by atoms with van der Waals surface area (Å²) in [7, 11) is 0.467. The summed E-state index contributed by atoms with van der Waals surface area (Å²) < 4.78 is 42.5. The molecule has 0 atom stereocenters. The fourth-order valence-electron chi connectivity index (χ4n) is 2.85.